The molecule has 7 nitrogen and oxygen atoms in total. The number of nitrogens with zero attached hydrogens (tertiary/aromatic N) is 3. The number of ether oxygens (including phenoxy) is 1. The molecule has 0 N–H and O–H groups in total. The first-order chi connectivity index (χ1) is 16.8. The molecule has 0 unspecified atom stereocenters. The number of piperazine rings is 1. The van der Waals surface area contributed by atoms with Crippen molar-refractivity contribution in [3.05, 3.63) is 65.4 Å². The van der Waals surface area contributed by atoms with Crippen LogP contribution in [0.15, 0.2) is 59.7 Å². The molecule has 1 amide bonds. The number of halogens is 1. The fourth-order valence-electron chi connectivity index (χ4n) is 4.65. The Bertz CT molecular complexity index is 1190. The molecule has 9 heteroatoms. The summed E-state index contributed by atoms with van der Waals surface area (Å²) in [5.41, 5.74) is 2.71. The lowest BCUT2D eigenvalue weighted by Crippen LogP contribution is -2.48. The summed E-state index contributed by atoms with van der Waals surface area (Å²) < 4.78 is 33.6. The van der Waals surface area contributed by atoms with Crippen molar-refractivity contribution in [2.24, 2.45) is 0 Å². The van der Waals surface area contributed by atoms with Crippen LogP contribution in [0.2, 0.25) is 5.02 Å². The van der Waals surface area contributed by atoms with E-state index in [1.165, 1.54) is 0 Å². The second-order valence-electron chi connectivity index (χ2n) is 8.78. The van der Waals surface area contributed by atoms with E-state index < -0.39 is 10.0 Å². The van der Waals surface area contributed by atoms with Crippen molar-refractivity contribution in [1.82, 2.24) is 4.31 Å². The highest BCUT2D eigenvalue weighted by molar-refractivity contribution is 7.89. The molecule has 0 spiro atoms. The van der Waals surface area contributed by atoms with Crippen LogP contribution >= 0.6 is 11.6 Å². The smallest absolute Gasteiger partial charge is 0.243 e. The number of carbonyl (C=O) groups is 1. The van der Waals surface area contributed by atoms with Crippen molar-refractivity contribution in [3.8, 4) is 0 Å². The molecule has 0 saturated carbocycles. The van der Waals surface area contributed by atoms with Gasteiger partial charge in [-0.1, -0.05) is 24.2 Å². The molecule has 0 radical (unpaired) electrons. The Hall–Kier alpha value is -2.55. The highest BCUT2D eigenvalue weighted by Crippen LogP contribution is 2.32. The minimum Gasteiger partial charge on any atom is -0.499 e. The summed E-state index contributed by atoms with van der Waals surface area (Å²) in [4.78, 5) is 17.0. The third kappa shape index (κ3) is 5.82. The van der Waals surface area contributed by atoms with Gasteiger partial charge in [0.05, 0.1) is 17.3 Å². The predicted molar refractivity (Wildman–Crippen MR) is 140 cm³/mol. The van der Waals surface area contributed by atoms with Crippen molar-refractivity contribution >= 4 is 38.9 Å². The molecule has 0 bridgehead atoms. The van der Waals surface area contributed by atoms with E-state index in [2.05, 4.69) is 11.5 Å². The number of amides is 1. The zero-order valence-electron chi connectivity index (χ0n) is 20.1. The largest absolute Gasteiger partial charge is 0.499 e. The maximum atomic E-state index is 13.3. The van der Waals surface area contributed by atoms with Gasteiger partial charge in [-0.25, -0.2) is 8.42 Å². The molecular weight excluding hydrogens is 486 g/mol. The van der Waals surface area contributed by atoms with Crippen molar-refractivity contribution in [3.63, 3.8) is 0 Å². The zero-order valence-corrected chi connectivity index (χ0v) is 21.7. The van der Waals surface area contributed by atoms with Gasteiger partial charge in [-0.3, -0.25) is 4.79 Å². The second kappa shape index (κ2) is 11.0. The van der Waals surface area contributed by atoms with Crippen molar-refractivity contribution in [2.75, 3.05) is 49.1 Å². The summed E-state index contributed by atoms with van der Waals surface area (Å²) in [6.45, 7) is 8.93. The van der Waals surface area contributed by atoms with Gasteiger partial charge >= 0.3 is 0 Å². The predicted octanol–water partition coefficient (Wildman–Crippen LogP) is 4.46. The Balaban J connectivity index is 1.38. The summed E-state index contributed by atoms with van der Waals surface area (Å²) in [5, 5.41) is 0.666. The molecule has 2 aliphatic heterocycles. The van der Waals surface area contributed by atoms with Gasteiger partial charge in [0.1, 0.15) is 0 Å². The molecule has 1 saturated heterocycles. The number of carbonyl (C=O) groups excluding carboxylic acids is 1. The number of hydrogen-bond acceptors (Lipinski definition) is 5. The molecule has 2 aliphatic rings. The number of anilines is 2. The number of benzene rings is 2. The van der Waals surface area contributed by atoms with E-state index in [9.17, 15) is 13.2 Å². The summed E-state index contributed by atoms with van der Waals surface area (Å²) in [6.07, 6.45) is 2.39. The molecule has 0 aromatic heterocycles. The summed E-state index contributed by atoms with van der Waals surface area (Å²) in [6, 6.07) is 12.7. The van der Waals surface area contributed by atoms with Crippen LogP contribution in [0.4, 0.5) is 11.4 Å². The maximum Gasteiger partial charge on any atom is 0.243 e. The van der Waals surface area contributed by atoms with E-state index in [4.69, 9.17) is 16.3 Å². The normalized spacial score (nSPS) is 16.3. The quantitative estimate of drug-likeness (QED) is 0.459. The lowest BCUT2D eigenvalue weighted by molar-refractivity contribution is -0.118. The fraction of sp³-hybridized carbons (Fsp3) is 0.423. The molecule has 35 heavy (non-hydrogen) atoms. The highest BCUT2D eigenvalue weighted by Gasteiger charge is 2.31. The van der Waals surface area contributed by atoms with Crippen LogP contribution in [-0.4, -0.2) is 58.0 Å². The van der Waals surface area contributed by atoms with Crippen LogP contribution < -0.4 is 9.80 Å². The first-order valence-corrected chi connectivity index (χ1v) is 13.9. The van der Waals surface area contributed by atoms with Crippen LogP contribution in [0.1, 0.15) is 31.7 Å². The van der Waals surface area contributed by atoms with Crippen LogP contribution in [-0.2, 0) is 26.0 Å². The Morgan fingerprint density at radius 1 is 1.06 bits per heavy atom. The first kappa shape index (κ1) is 25.5. The number of fused-ring (bicyclic) bond motifs is 1. The number of hydrogen-bond donors (Lipinski definition) is 0. The van der Waals surface area contributed by atoms with Gasteiger partial charge in [0, 0.05) is 62.0 Å². The fourth-order valence-corrected chi connectivity index (χ4v) is 6.31. The minimum absolute atomic E-state index is 0.0424. The molecule has 0 atom stereocenters. The molecule has 188 valence electrons. The molecule has 2 aromatic rings. The van der Waals surface area contributed by atoms with E-state index in [0.717, 1.165) is 16.9 Å². The lowest BCUT2D eigenvalue weighted by Gasteiger charge is -2.35. The maximum absolute atomic E-state index is 13.3. The SMILES string of the molecule is C=C(CCCC(=O)N1CCc2cc(S(=O)(=O)N3CCN(c4cccc(Cl)c4)CC3)ccc21)OCC. The van der Waals surface area contributed by atoms with Gasteiger partial charge in [0.2, 0.25) is 15.9 Å². The minimum atomic E-state index is -3.61. The molecular formula is C26H32ClN3O4S. The van der Waals surface area contributed by atoms with Gasteiger partial charge in [-0.15, -0.1) is 0 Å². The topological polar surface area (TPSA) is 70.2 Å². The van der Waals surface area contributed by atoms with Crippen molar-refractivity contribution in [2.45, 2.75) is 37.5 Å². The zero-order chi connectivity index (χ0) is 25.0. The first-order valence-electron chi connectivity index (χ1n) is 12.0. The van der Waals surface area contributed by atoms with Gasteiger partial charge in [0.25, 0.3) is 0 Å². The van der Waals surface area contributed by atoms with Gasteiger partial charge in [-0.05, 0) is 61.7 Å². The Labute approximate surface area is 213 Å². The molecule has 0 aliphatic carbocycles. The van der Waals surface area contributed by atoms with Crippen LogP contribution in [0.3, 0.4) is 0 Å². The summed E-state index contributed by atoms with van der Waals surface area (Å²) in [5.74, 6) is 0.742. The molecule has 2 heterocycles. The van der Waals surface area contributed by atoms with Crippen LogP contribution in [0, 0.1) is 0 Å². The van der Waals surface area contributed by atoms with Crippen LogP contribution in [0.5, 0.6) is 0 Å². The Morgan fingerprint density at radius 3 is 2.54 bits per heavy atom. The van der Waals surface area contributed by atoms with E-state index >= 15 is 0 Å². The third-order valence-electron chi connectivity index (χ3n) is 6.49. The monoisotopic (exact) mass is 517 g/mol. The van der Waals surface area contributed by atoms with Crippen molar-refractivity contribution in [1.29, 1.82) is 0 Å². The Morgan fingerprint density at radius 2 is 1.83 bits per heavy atom. The molecule has 2 aromatic carbocycles. The molecule has 1 fully saturated rings. The number of rotatable bonds is 9. The van der Waals surface area contributed by atoms with Gasteiger partial charge in [0.15, 0.2) is 0 Å². The standard InChI is InChI=1S/C26H32ClN3O4S/c1-3-34-20(2)6-4-9-26(31)30-13-12-21-18-24(10-11-25(21)30)35(32,33)29-16-14-28(15-17-29)23-8-5-7-22(27)19-23/h5,7-8,10-11,18-19H,2-4,6,9,12-17H2,1H3. The van der Waals surface area contributed by atoms with E-state index in [-0.39, 0.29) is 10.8 Å². The lowest BCUT2D eigenvalue weighted by atomic mass is 10.1. The average molecular weight is 518 g/mol. The molecule has 4 rings (SSSR count). The van der Waals surface area contributed by atoms with Crippen molar-refractivity contribution < 1.29 is 17.9 Å². The summed E-state index contributed by atoms with van der Waals surface area (Å²) >= 11 is 6.10. The third-order valence-corrected chi connectivity index (χ3v) is 8.62. The highest BCUT2D eigenvalue weighted by atomic mass is 35.5. The van der Waals surface area contributed by atoms with E-state index in [1.807, 2.05) is 31.2 Å². The van der Waals surface area contributed by atoms with E-state index in [0.29, 0.717) is 75.8 Å². The Kier molecular flexibility index (Phi) is 8.04. The second-order valence-corrected chi connectivity index (χ2v) is 11.2. The van der Waals surface area contributed by atoms with Gasteiger partial charge in [-0.2, -0.15) is 4.31 Å². The number of sulfonamides is 1. The summed E-state index contributed by atoms with van der Waals surface area (Å²) in [7, 11) is -3.61. The average Bonchev–Trinajstić information content (AvgIpc) is 3.28. The van der Waals surface area contributed by atoms with Gasteiger partial charge < -0.3 is 14.5 Å². The van der Waals surface area contributed by atoms with E-state index in [1.54, 1.807) is 27.4 Å². The van der Waals surface area contributed by atoms with Crippen LogP contribution in [0.25, 0.3) is 0 Å². The number of allylic oxidation sites excluding steroid dienone is 1.